The summed E-state index contributed by atoms with van der Waals surface area (Å²) in [5.41, 5.74) is 11.4. The van der Waals surface area contributed by atoms with Crippen molar-refractivity contribution in [1.29, 1.82) is 0 Å². The highest BCUT2D eigenvalue weighted by atomic mass is 16.5. The van der Waals surface area contributed by atoms with E-state index in [9.17, 15) is 4.79 Å². The molecule has 2 aromatic rings. The smallest absolute Gasteiger partial charge is 0.244 e. The van der Waals surface area contributed by atoms with Gasteiger partial charge in [-0.3, -0.25) is 4.79 Å². The van der Waals surface area contributed by atoms with Crippen LogP contribution < -0.4 is 11.1 Å². The Hall–Kier alpha value is -2.17. The van der Waals surface area contributed by atoms with Gasteiger partial charge >= 0.3 is 0 Å². The molecule has 118 valence electrons. The molecule has 3 N–H and O–H groups in total. The third-order valence-electron chi connectivity index (χ3n) is 4.89. The lowest BCUT2D eigenvalue weighted by Gasteiger charge is -2.31. The molecule has 4 heteroatoms. The predicted molar refractivity (Wildman–Crippen MR) is 90.3 cm³/mol. The van der Waals surface area contributed by atoms with Gasteiger partial charge in [-0.2, -0.15) is 0 Å². The molecule has 1 saturated heterocycles. The molecule has 2 aromatic carbocycles. The van der Waals surface area contributed by atoms with Crippen molar-refractivity contribution in [3.05, 3.63) is 53.6 Å². The first-order valence-corrected chi connectivity index (χ1v) is 8.05. The Morgan fingerprint density at radius 2 is 1.78 bits per heavy atom. The highest BCUT2D eigenvalue weighted by Gasteiger charge is 2.36. The van der Waals surface area contributed by atoms with Crippen LogP contribution in [0.25, 0.3) is 11.1 Å². The molecule has 4 rings (SSSR count). The van der Waals surface area contributed by atoms with E-state index in [1.165, 1.54) is 22.3 Å². The van der Waals surface area contributed by atoms with Gasteiger partial charge in [-0.15, -0.1) is 0 Å². The molecule has 0 atom stereocenters. The van der Waals surface area contributed by atoms with Gasteiger partial charge in [-0.1, -0.05) is 30.3 Å². The summed E-state index contributed by atoms with van der Waals surface area (Å²) in [5.74, 6) is -0.115. The number of nitrogens with two attached hydrogens (primary N) is 1. The van der Waals surface area contributed by atoms with E-state index in [0.29, 0.717) is 26.1 Å². The SMILES string of the molecule is NC1(C(=O)Nc2ccc3c(c2)Cc2ccccc2-3)CCOCC1. The maximum Gasteiger partial charge on any atom is 0.244 e. The standard InChI is InChI=1S/C19H20N2O2/c20-19(7-9-23-10-8-19)18(22)21-15-5-6-17-14(12-15)11-13-3-1-2-4-16(13)17/h1-6,12H,7-11,20H2,(H,21,22). The lowest BCUT2D eigenvalue weighted by atomic mass is 9.90. The second-order valence-electron chi connectivity index (χ2n) is 6.43. The van der Waals surface area contributed by atoms with Crippen LogP contribution in [0.1, 0.15) is 24.0 Å². The van der Waals surface area contributed by atoms with Gasteiger partial charge in [-0.25, -0.2) is 0 Å². The molecule has 0 aromatic heterocycles. The zero-order valence-electron chi connectivity index (χ0n) is 13.0. The molecule has 1 fully saturated rings. The van der Waals surface area contributed by atoms with Crippen molar-refractivity contribution in [3.63, 3.8) is 0 Å². The number of fused-ring (bicyclic) bond motifs is 3. The van der Waals surface area contributed by atoms with Crippen LogP contribution in [0, 0.1) is 0 Å². The number of ether oxygens (including phenoxy) is 1. The molecular formula is C19H20N2O2. The van der Waals surface area contributed by atoms with Gasteiger partial charge in [-0.05, 0) is 53.6 Å². The van der Waals surface area contributed by atoms with E-state index in [-0.39, 0.29) is 5.91 Å². The number of carbonyl (C=O) groups excluding carboxylic acids is 1. The van der Waals surface area contributed by atoms with Crippen molar-refractivity contribution < 1.29 is 9.53 Å². The van der Waals surface area contributed by atoms with Gasteiger partial charge in [0.05, 0.1) is 0 Å². The zero-order valence-corrected chi connectivity index (χ0v) is 13.0. The van der Waals surface area contributed by atoms with Crippen LogP contribution in [0.5, 0.6) is 0 Å². The number of hydrogen-bond acceptors (Lipinski definition) is 3. The zero-order chi connectivity index (χ0) is 15.9. The summed E-state index contributed by atoms with van der Waals surface area (Å²) in [5, 5.41) is 2.99. The van der Waals surface area contributed by atoms with Gasteiger partial charge in [0.2, 0.25) is 5.91 Å². The van der Waals surface area contributed by atoms with Crippen molar-refractivity contribution in [2.45, 2.75) is 24.8 Å². The van der Waals surface area contributed by atoms with Crippen LogP contribution in [0.2, 0.25) is 0 Å². The Kier molecular flexibility index (Phi) is 3.43. The number of rotatable bonds is 2. The molecule has 1 amide bonds. The van der Waals surface area contributed by atoms with Crippen LogP contribution in [-0.4, -0.2) is 24.7 Å². The highest BCUT2D eigenvalue weighted by molar-refractivity contribution is 5.98. The van der Waals surface area contributed by atoms with Gasteiger partial charge in [0.25, 0.3) is 0 Å². The number of nitrogens with one attached hydrogen (secondary N) is 1. The first-order chi connectivity index (χ1) is 11.2. The van der Waals surface area contributed by atoms with E-state index in [1.54, 1.807) is 0 Å². The van der Waals surface area contributed by atoms with Crippen molar-refractivity contribution in [2.24, 2.45) is 5.73 Å². The lowest BCUT2D eigenvalue weighted by Crippen LogP contribution is -2.54. The Balaban J connectivity index is 1.56. The Bertz CT molecular complexity index is 764. The molecule has 4 nitrogen and oxygen atoms in total. The van der Waals surface area contributed by atoms with Crippen molar-refractivity contribution in [3.8, 4) is 11.1 Å². The Labute approximate surface area is 135 Å². The second kappa shape index (κ2) is 5.48. The Morgan fingerprint density at radius 3 is 2.61 bits per heavy atom. The van der Waals surface area contributed by atoms with E-state index >= 15 is 0 Å². The summed E-state index contributed by atoms with van der Waals surface area (Å²) in [4.78, 5) is 12.5. The molecule has 2 aliphatic rings. The number of carbonyl (C=O) groups is 1. The van der Waals surface area contributed by atoms with Gasteiger partial charge in [0, 0.05) is 18.9 Å². The topological polar surface area (TPSA) is 64.4 Å². The largest absolute Gasteiger partial charge is 0.381 e. The van der Waals surface area contributed by atoms with Crippen LogP contribution >= 0.6 is 0 Å². The summed E-state index contributed by atoms with van der Waals surface area (Å²) in [7, 11) is 0. The molecule has 0 bridgehead atoms. The summed E-state index contributed by atoms with van der Waals surface area (Å²) in [6.07, 6.45) is 2.04. The van der Waals surface area contributed by atoms with Crippen molar-refractivity contribution in [1.82, 2.24) is 0 Å². The normalized spacial score (nSPS) is 18.1. The highest BCUT2D eigenvalue weighted by Crippen LogP contribution is 2.37. The maximum absolute atomic E-state index is 12.5. The molecular weight excluding hydrogens is 288 g/mol. The maximum atomic E-state index is 12.5. The van der Waals surface area contributed by atoms with Crippen LogP contribution in [0.15, 0.2) is 42.5 Å². The van der Waals surface area contributed by atoms with E-state index in [2.05, 4.69) is 41.7 Å². The summed E-state index contributed by atoms with van der Waals surface area (Å²) in [6.45, 7) is 1.09. The minimum atomic E-state index is -0.819. The first-order valence-electron chi connectivity index (χ1n) is 8.05. The average Bonchev–Trinajstić information content (AvgIpc) is 2.93. The van der Waals surface area contributed by atoms with Gasteiger partial charge in [0.1, 0.15) is 5.54 Å². The van der Waals surface area contributed by atoms with Crippen molar-refractivity contribution in [2.75, 3.05) is 18.5 Å². The van der Waals surface area contributed by atoms with Gasteiger partial charge < -0.3 is 15.8 Å². The van der Waals surface area contributed by atoms with Crippen LogP contribution in [0.4, 0.5) is 5.69 Å². The summed E-state index contributed by atoms with van der Waals surface area (Å²) >= 11 is 0. The summed E-state index contributed by atoms with van der Waals surface area (Å²) < 4.78 is 5.30. The number of amides is 1. The van der Waals surface area contributed by atoms with Gasteiger partial charge in [0.15, 0.2) is 0 Å². The third-order valence-corrected chi connectivity index (χ3v) is 4.89. The molecule has 0 unspecified atom stereocenters. The minimum Gasteiger partial charge on any atom is -0.381 e. The molecule has 1 aliphatic carbocycles. The van der Waals surface area contributed by atoms with E-state index < -0.39 is 5.54 Å². The fourth-order valence-corrected chi connectivity index (χ4v) is 3.44. The quantitative estimate of drug-likeness (QED) is 0.765. The first kappa shape index (κ1) is 14.4. The molecule has 0 spiro atoms. The number of benzene rings is 2. The molecule has 0 saturated carbocycles. The molecule has 1 aliphatic heterocycles. The lowest BCUT2D eigenvalue weighted by molar-refractivity contribution is -0.124. The average molecular weight is 308 g/mol. The molecule has 23 heavy (non-hydrogen) atoms. The second-order valence-corrected chi connectivity index (χ2v) is 6.43. The minimum absolute atomic E-state index is 0.115. The van der Waals surface area contributed by atoms with E-state index in [0.717, 1.165) is 12.1 Å². The number of anilines is 1. The predicted octanol–water partition coefficient (Wildman–Crippen LogP) is 2.70. The van der Waals surface area contributed by atoms with E-state index in [1.807, 2.05) is 6.07 Å². The van der Waals surface area contributed by atoms with Crippen LogP contribution in [-0.2, 0) is 16.0 Å². The Morgan fingerprint density at radius 1 is 1.04 bits per heavy atom. The summed E-state index contributed by atoms with van der Waals surface area (Å²) in [6, 6.07) is 14.5. The molecule has 1 heterocycles. The fourth-order valence-electron chi connectivity index (χ4n) is 3.44. The monoisotopic (exact) mass is 308 g/mol. The third kappa shape index (κ3) is 2.54. The van der Waals surface area contributed by atoms with Crippen LogP contribution in [0.3, 0.4) is 0 Å². The fraction of sp³-hybridized carbons (Fsp3) is 0.316. The number of hydrogen-bond donors (Lipinski definition) is 2. The van der Waals surface area contributed by atoms with Crippen molar-refractivity contribution >= 4 is 11.6 Å². The van der Waals surface area contributed by atoms with E-state index in [4.69, 9.17) is 10.5 Å². The molecule has 0 radical (unpaired) electrons.